The highest BCUT2D eigenvalue weighted by atomic mass is 16.5. The maximum atomic E-state index is 12.6. The molecule has 5 aromatic rings. The van der Waals surface area contributed by atoms with Crippen molar-refractivity contribution in [3.8, 4) is 28.1 Å². The molecule has 0 radical (unpaired) electrons. The van der Waals surface area contributed by atoms with Crippen molar-refractivity contribution in [3.05, 3.63) is 83.8 Å². The molecule has 9 heteroatoms. The molecule has 1 fully saturated rings. The molecule has 9 nitrogen and oxygen atoms in total. The summed E-state index contributed by atoms with van der Waals surface area (Å²) in [5, 5.41) is 11.7. The van der Waals surface area contributed by atoms with Gasteiger partial charge < -0.3 is 15.4 Å². The highest BCUT2D eigenvalue weighted by molar-refractivity contribution is 6.02. The fraction of sp³-hybridized carbons (Fsp3) is 0.214. The molecule has 2 aromatic carbocycles. The van der Waals surface area contributed by atoms with Crippen LogP contribution in [0.4, 0.5) is 5.82 Å². The first-order chi connectivity index (χ1) is 18.1. The van der Waals surface area contributed by atoms with E-state index in [1.807, 2.05) is 30.3 Å². The Kier molecular flexibility index (Phi) is 4.95. The molecule has 0 saturated heterocycles. The minimum absolute atomic E-state index is 0.167. The number of nitrogens with zero attached hydrogens (tertiary/aromatic N) is 5. The number of benzene rings is 2. The second kappa shape index (κ2) is 8.48. The Morgan fingerprint density at radius 1 is 1.03 bits per heavy atom. The number of ether oxygens (including phenoxy) is 1. The van der Waals surface area contributed by atoms with Crippen LogP contribution in [0.3, 0.4) is 0 Å². The van der Waals surface area contributed by atoms with Crippen molar-refractivity contribution < 1.29 is 9.53 Å². The second-order valence-corrected chi connectivity index (χ2v) is 9.63. The summed E-state index contributed by atoms with van der Waals surface area (Å²) < 4.78 is 7.83. The van der Waals surface area contributed by atoms with Crippen molar-refractivity contribution in [2.45, 2.75) is 38.5 Å². The first-order valence-electron chi connectivity index (χ1n) is 12.5. The molecule has 3 aromatic heterocycles. The van der Waals surface area contributed by atoms with E-state index in [9.17, 15) is 4.79 Å². The van der Waals surface area contributed by atoms with Gasteiger partial charge in [-0.05, 0) is 48.1 Å². The Balaban J connectivity index is 1.42. The molecule has 1 saturated carbocycles. The topological polar surface area (TPSA) is 114 Å². The average Bonchev–Trinajstić information content (AvgIpc) is 3.64. The zero-order valence-electron chi connectivity index (χ0n) is 20.1. The van der Waals surface area contributed by atoms with Crippen LogP contribution < -0.4 is 15.4 Å². The number of hydrogen-bond donors (Lipinski definition) is 2. The van der Waals surface area contributed by atoms with Crippen LogP contribution in [0.2, 0.25) is 0 Å². The molecule has 3 N–H and O–H groups in total. The average molecular weight is 492 g/mol. The monoisotopic (exact) mass is 491 g/mol. The molecule has 1 amide bonds. The SMILES string of the molecule is NC(=O)c1nn2c(-c3cn[nH]c3)cc(N3Cc4ccccc4C3)nc2c1-c1cccc(OC2CCC2)c1. The number of aromatic nitrogens is 5. The number of aromatic amines is 1. The van der Waals surface area contributed by atoms with Crippen molar-refractivity contribution in [2.24, 2.45) is 5.73 Å². The van der Waals surface area contributed by atoms with Crippen LogP contribution in [-0.2, 0) is 13.1 Å². The van der Waals surface area contributed by atoms with Gasteiger partial charge in [-0.3, -0.25) is 9.89 Å². The van der Waals surface area contributed by atoms with E-state index in [0.29, 0.717) is 11.2 Å². The largest absolute Gasteiger partial charge is 0.490 e. The van der Waals surface area contributed by atoms with Gasteiger partial charge in [0.05, 0.1) is 23.6 Å². The van der Waals surface area contributed by atoms with E-state index in [1.54, 1.807) is 16.9 Å². The van der Waals surface area contributed by atoms with Crippen LogP contribution in [0.5, 0.6) is 5.75 Å². The van der Waals surface area contributed by atoms with Crippen molar-refractivity contribution in [1.82, 2.24) is 24.8 Å². The third-order valence-electron chi connectivity index (χ3n) is 7.25. The summed E-state index contributed by atoms with van der Waals surface area (Å²) in [6.45, 7) is 1.50. The van der Waals surface area contributed by atoms with Crippen molar-refractivity contribution in [2.75, 3.05) is 4.90 Å². The Bertz CT molecular complexity index is 1610. The van der Waals surface area contributed by atoms with E-state index in [2.05, 4.69) is 44.5 Å². The number of anilines is 1. The van der Waals surface area contributed by atoms with Crippen LogP contribution in [0.1, 0.15) is 40.9 Å². The van der Waals surface area contributed by atoms with E-state index >= 15 is 0 Å². The third-order valence-corrected chi connectivity index (χ3v) is 7.25. The molecular formula is C28H25N7O2. The highest BCUT2D eigenvalue weighted by Gasteiger charge is 2.27. The molecule has 0 unspecified atom stereocenters. The van der Waals surface area contributed by atoms with Gasteiger partial charge in [-0.2, -0.15) is 10.2 Å². The quantitative estimate of drug-likeness (QED) is 0.365. The Labute approximate surface area is 212 Å². The summed E-state index contributed by atoms with van der Waals surface area (Å²) in [6.07, 6.45) is 7.08. The molecule has 2 aliphatic rings. The molecule has 4 heterocycles. The lowest BCUT2D eigenvalue weighted by Gasteiger charge is -2.26. The number of nitrogens with two attached hydrogens (primary N) is 1. The maximum absolute atomic E-state index is 12.6. The van der Waals surface area contributed by atoms with Crippen LogP contribution in [0.25, 0.3) is 28.0 Å². The lowest BCUT2D eigenvalue weighted by molar-refractivity contribution is 0.0995. The number of nitrogens with one attached hydrogen (secondary N) is 1. The predicted octanol–water partition coefficient (Wildman–Crippen LogP) is 4.34. The number of fused-ring (bicyclic) bond motifs is 2. The van der Waals surface area contributed by atoms with Gasteiger partial charge in [-0.15, -0.1) is 0 Å². The first-order valence-corrected chi connectivity index (χ1v) is 12.5. The normalized spacial score (nSPS) is 15.1. The lowest BCUT2D eigenvalue weighted by atomic mass is 9.96. The molecular weight excluding hydrogens is 466 g/mol. The van der Waals surface area contributed by atoms with Gasteiger partial charge in [0.1, 0.15) is 11.6 Å². The van der Waals surface area contributed by atoms with Gasteiger partial charge in [0.15, 0.2) is 11.3 Å². The van der Waals surface area contributed by atoms with E-state index in [1.165, 1.54) is 17.5 Å². The Hall–Kier alpha value is -4.66. The van der Waals surface area contributed by atoms with Crippen LogP contribution in [0.15, 0.2) is 67.0 Å². The van der Waals surface area contributed by atoms with Gasteiger partial charge in [0.25, 0.3) is 5.91 Å². The predicted molar refractivity (Wildman–Crippen MR) is 139 cm³/mol. The van der Waals surface area contributed by atoms with Crippen LogP contribution >= 0.6 is 0 Å². The van der Waals surface area contributed by atoms with Gasteiger partial charge in [0.2, 0.25) is 0 Å². The van der Waals surface area contributed by atoms with Crippen LogP contribution in [-0.4, -0.2) is 36.8 Å². The first kappa shape index (κ1) is 21.6. The minimum atomic E-state index is -0.612. The van der Waals surface area contributed by atoms with Crippen molar-refractivity contribution in [1.29, 1.82) is 0 Å². The lowest BCUT2D eigenvalue weighted by Crippen LogP contribution is -2.24. The maximum Gasteiger partial charge on any atom is 0.269 e. The summed E-state index contributed by atoms with van der Waals surface area (Å²) in [7, 11) is 0. The molecule has 7 rings (SSSR count). The van der Waals surface area contributed by atoms with Gasteiger partial charge >= 0.3 is 0 Å². The van der Waals surface area contributed by atoms with E-state index in [-0.39, 0.29) is 11.8 Å². The Morgan fingerprint density at radius 3 is 2.51 bits per heavy atom. The van der Waals surface area contributed by atoms with Gasteiger partial charge in [-0.1, -0.05) is 36.4 Å². The number of H-pyrrole nitrogens is 1. The third kappa shape index (κ3) is 3.70. The fourth-order valence-electron chi connectivity index (χ4n) is 5.10. The smallest absolute Gasteiger partial charge is 0.269 e. The number of hydrogen-bond acceptors (Lipinski definition) is 6. The highest BCUT2D eigenvalue weighted by Crippen LogP contribution is 2.36. The Morgan fingerprint density at radius 2 is 1.84 bits per heavy atom. The fourth-order valence-corrected chi connectivity index (χ4v) is 5.10. The van der Waals surface area contributed by atoms with Gasteiger partial charge in [-0.25, -0.2) is 9.50 Å². The van der Waals surface area contributed by atoms with E-state index in [4.69, 9.17) is 15.5 Å². The number of amides is 1. The summed E-state index contributed by atoms with van der Waals surface area (Å²) in [4.78, 5) is 19.9. The van der Waals surface area contributed by atoms with Crippen molar-refractivity contribution in [3.63, 3.8) is 0 Å². The molecule has 37 heavy (non-hydrogen) atoms. The van der Waals surface area contributed by atoms with Crippen molar-refractivity contribution >= 4 is 17.4 Å². The van der Waals surface area contributed by atoms with E-state index < -0.39 is 5.91 Å². The molecule has 0 bridgehead atoms. The second-order valence-electron chi connectivity index (χ2n) is 9.63. The minimum Gasteiger partial charge on any atom is -0.490 e. The summed E-state index contributed by atoms with van der Waals surface area (Å²) in [5.41, 5.74) is 12.1. The molecule has 0 spiro atoms. The molecule has 1 aliphatic heterocycles. The summed E-state index contributed by atoms with van der Waals surface area (Å²) in [6, 6.07) is 18.1. The zero-order valence-corrected chi connectivity index (χ0v) is 20.1. The molecule has 0 atom stereocenters. The number of carbonyl (C=O) groups is 1. The number of carbonyl (C=O) groups excluding carboxylic acids is 1. The number of rotatable bonds is 6. The molecule has 1 aliphatic carbocycles. The molecule has 184 valence electrons. The van der Waals surface area contributed by atoms with Gasteiger partial charge in [0, 0.05) is 30.9 Å². The van der Waals surface area contributed by atoms with E-state index in [0.717, 1.165) is 54.3 Å². The zero-order chi connectivity index (χ0) is 24.9. The number of primary amides is 1. The summed E-state index contributed by atoms with van der Waals surface area (Å²) in [5.74, 6) is 0.941. The standard InChI is InChI=1S/C28H25N7O2/c29-27(36)26-25(17-7-3-10-22(11-17)37-21-8-4-9-21)28-32-24(34-15-18-5-1-2-6-19(18)16-34)12-23(35(28)33-26)20-13-30-31-14-20/h1-3,5-7,10-14,21H,4,8-9,15-16H2,(H2,29,36)(H,30,31). The van der Waals surface area contributed by atoms with Crippen LogP contribution in [0, 0.1) is 0 Å². The summed E-state index contributed by atoms with van der Waals surface area (Å²) >= 11 is 0.